The van der Waals surface area contributed by atoms with Crippen LogP contribution in [-0.4, -0.2) is 48.1 Å². The van der Waals surface area contributed by atoms with Gasteiger partial charge in [-0.2, -0.15) is 13.0 Å². The number of anilines is 1. The summed E-state index contributed by atoms with van der Waals surface area (Å²) in [6.07, 6.45) is 24.8. The Morgan fingerprint density at radius 1 is 0.871 bits per heavy atom. The molecule has 7 rings (SSSR count). The van der Waals surface area contributed by atoms with Crippen molar-refractivity contribution in [1.29, 1.82) is 0 Å². The van der Waals surface area contributed by atoms with Crippen molar-refractivity contribution in [1.82, 2.24) is 0 Å². The van der Waals surface area contributed by atoms with Gasteiger partial charge in [-0.1, -0.05) is 95.0 Å². The highest BCUT2D eigenvalue weighted by Crippen LogP contribution is 2.49. The van der Waals surface area contributed by atoms with E-state index in [9.17, 15) is 17.8 Å². The van der Waals surface area contributed by atoms with Crippen molar-refractivity contribution in [3.63, 3.8) is 0 Å². The molecular formula is C53H69N3O5S+2. The molecule has 8 nitrogen and oxygen atoms in total. The Hall–Kier alpha value is -4.60. The molecule has 1 N–H and O–H groups in total. The maximum Gasteiger partial charge on any atom is 0.314 e. The number of hydrogen-bond acceptors (Lipinski definition) is 5. The van der Waals surface area contributed by atoms with Gasteiger partial charge in [0.15, 0.2) is 18.1 Å². The van der Waals surface area contributed by atoms with E-state index in [1.807, 2.05) is 36.1 Å². The number of para-hydroxylation sites is 2. The lowest BCUT2D eigenvalue weighted by Gasteiger charge is -2.31. The van der Waals surface area contributed by atoms with Gasteiger partial charge in [-0.15, -0.1) is 0 Å². The molecule has 9 heteroatoms. The van der Waals surface area contributed by atoms with Gasteiger partial charge in [-0.3, -0.25) is 9.35 Å². The summed E-state index contributed by atoms with van der Waals surface area (Å²) in [5, 5.41) is 0. The Labute approximate surface area is 371 Å². The Morgan fingerprint density at radius 3 is 2.31 bits per heavy atom. The van der Waals surface area contributed by atoms with Crippen LogP contribution in [0.3, 0.4) is 0 Å². The Bertz CT molecular complexity index is 2380. The van der Waals surface area contributed by atoms with E-state index in [1.54, 1.807) is 0 Å². The minimum atomic E-state index is -4.03. The van der Waals surface area contributed by atoms with Crippen LogP contribution in [0.15, 0.2) is 120 Å². The summed E-state index contributed by atoms with van der Waals surface area (Å²) in [4.78, 5) is 17.2. The Kier molecular flexibility index (Phi) is 14.2. The molecule has 0 amide bonds. The Morgan fingerprint density at radius 2 is 1.58 bits per heavy atom. The van der Waals surface area contributed by atoms with Crippen LogP contribution in [0.2, 0.25) is 0 Å². The van der Waals surface area contributed by atoms with Crippen LogP contribution in [0.5, 0.6) is 0 Å². The third-order valence-electron chi connectivity index (χ3n) is 14.0. The predicted molar refractivity (Wildman–Crippen MR) is 250 cm³/mol. The van der Waals surface area contributed by atoms with Gasteiger partial charge in [-0.05, 0) is 99.1 Å². The summed E-state index contributed by atoms with van der Waals surface area (Å²) in [5.41, 5.74) is 11.5. The molecule has 330 valence electrons. The number of carbonyl (C=O) groups is 1. The van der Waals surface area contributed by atoms with Gasteiger partial charge in [0, 0.05) is 65.2 Å². The number of allylic oxidation sites excluding steroid dienone is 7. The molecule has 2 aromatic carbocycles. The van der Waals surface area contributed by atoms with Crippen LogP contribution >= 0.6 is 0 Å². The molecule has 0 radical (unpaired) electrons. The average Bonchev–Trinajstić information content (AvgIpc) is 3.82. The van der Waals surface area contributed by atoms with Gasteiger partial charge in [0.25, 0.3) is 10.1 Å². The predicted octanol–water partition coefficient (Wildman–Crippen LogP) is 10.9. The first-order chi connectivity index (χ1) is 29.7. The van der Waals surface area contributed by atoms with E-state index in [-0.39, 0.29) is 41.0 Å². The molecule has 1 unspecified atom stereocenters. The van der Waals surface area contributed by atoms with E-state index >= 15 is 0 Å². The number of esters is 1. The maximum absolute atomic E-state index is 14.8. The van der Waals surface area contributed by atoms with Crippen molar-refractivity contribution in [3.8, 4) is 0 Å². The topological polar surface area (TPSA) is 90.8 Å². The number of ether oxygens (including phenoxy) is 1. The quantitative estimate of drug-likeness (QED) is 0.0629. The highest BCUT2D eigenvalue weighted by molar-refractivity contribution is 7.85. The van der Waals surface area contributed by atoms with E-state index in [1.165, 1.54) is 52.9 Å². The first-order valence-electron chi connectivity index (χ1n) is 23.2. The molecule has 3 heterocycles. The van der Waals surface area contributed by atoms with Crippen LogP contribution < -0.4 is 9.47 Å². The molecular weight excluding hydrogens is 791 g/mol. The van der Waals surface area contributed by atoms with Crippen LogP contribution in [-0.2, 0) is 44.1 Å². The fourth-order valence-corrected chi connectivity index (χ4v) is 11.1. The van der Waals surface area contributed by atoms with Crippen molar-refractivity contribution < 1.29 is 31.6 Å². The summed E-state index contributed by atoms with van der Waals surface area (Å²) >= 11 is 0. The highest BCUT2D eigenvalue weighted by Gasteiger charge is 2.45. The third kappa shape index (κ3) is 9.94. The van der Waals surface area contributed by atoms with Gasteiger partial charge >= 0.3 is 5.97 Å². The SMILES string of the molecule is CCCCC[N+]1=C(/C=C/C2=C(C(C(=O)OCc3cc[n+](C)cc3)C3CCCCC3)C(=C/C=C3/N(CCCCS(=O)(=O)O)c4ccccc4C3(C)C)/CC2)C(C)(C)c2ccccc21. The van der Waals surface area contributed by atoms with Gasteiger partial charge in [0.2, 0.25) is 5.69 Å². The van der Waals surface area contributed by atoms with Crippen molar-refractivity contribution in [2.24, 2.45) is 18.9 Å². The smallest absolute Gasteiger partial charge is 0.314 e. The fourth-order valence-electron chi connectivity index (χ4n) is 10.6. The third-order valence-corrected chi connectivity index (χ3v) is 14.8. The first-order valence-corrected chi connectivity index (χ1v) is 24.8. The van der Waals surface area contributed by atoms with Crippen LogP contribution in [0.1, 0.15) is 128 Å². The molecule has 0 saturated heterocycles. The van der Waals surface area contributed by atoms with E-state index in [0.29, 0.717) is 19.4 Å². The molecule has 3 aromatic rings. The molecule has 2 aliphatic heterocycles. The number of carbonyl (C=O) groups excluding carboxylic acids is 1. The van der Waals surface area contributed by atoms with Gasteiger partial charge in [-0.25, -0.2) is 4.57 Å². The van der Waals surface area contributed by atoms with E-state index in [0.717, 1.165) is 74.0 Å². The first kappa shape index (κ1) is 45.4. The number of aromatic nitrogens is 1. The number of hydrogen-bond donors (Lipinski definition) is 1. The zero-order chi connectivity index (χ0) is 44.1. The maximum atomic E-state index is 14.8. The monoisotopic (exact) mass is 859 g/mol. The molecule has 1 saturated carbocycles. The molecule has 1 fully saturated rings. The molecule has 62 heavy (non-hydrogen) atoms. The largest absolute Gasteiger partial charge is 0.460 e. The van der Waals surface area contributed by atoms with Crippen LogP contribution in [0.25, 0.3) is 0 Å². The van der Waals surface area contributed by atoms with Crippen LogP contribution in [0.4, 0.5) is 11.4 Å². The summed E-state index contributed by atoms with van der Waals surface area (Å²) < 4.78 is 43.5. The lowest BCUT2D eigenvalue weighted by Crippen LogP contribution is -2.30. The van der Waals surface area contributed by atoms with E-state index < -0.39 is 10.1 Å². The van der Waals surface area contributed by atoms with Gasteiger partial charge in [0.05, 0.1) is 17.1 Å². The second-order valence-corrected chi connectivity index (χ2v) is 20.6. The van der Waals surface area contributed by atoms with Crippen molar-refractivity contribution >= 4 is 33.2 Å². The lowest BCUT2D eigenvalue weighted by molar-refractivity contribution is -0.671. The molecule has 0 bridgehead atoms. The Balaban J connectivity index is 1.33. The zero-order valence-electron chi connectivity index (χ0n) is 38.0. The molecule has 1 aromatic heterocycles. The molecule has 1 atom stereocenters. The fraction of sp³-hybridized carbons (Fsp3) is 0.491. The number of nitrogens with zero attached hydrogens (tertiary/aromatic N) is 3. The number of pyridine rings is 1. The van der Waals surface area contributed by atoms with Gasteiger partial charge in [0.1, 0.15) is 20.2 Å². The minimum absolute atomic E-state index is 0.136. The number of aryl methyl sites for hydroxylation is 1. The number of fused-ring (bicyclic) bond motifs is 2. The van der Waals surface area contributed by atoms with Crippen molar-refractivity contribution in [3.05, 3.63) is 136 Å². The summed E-state index contributed by atoms with van der Waals surface area (Å²) in [7, 11) is -2.04. The van der Waals surface area contributed by atoms with Crippen molar-refractivity contribution in [2.75, 3.05) is 23.7 Å². The second-order valence-electron chi connectivity index (χ2n) is 19.0. The van der Waals surface area contributed by atoms with Gasteiger partial charge < -0.3 is 9.64 Å². The number of unbranched alkanes of at least 4 members (excludes halogenated alkanes) is 3. The normalized spacial score (nSPS) is 20.5. The van der Waals surface area contributed by atoms with Crippen molar-refractivity contribution in [2.45, 2.75) is 129 Å². The van der Waals surface area contributed by atoms with E-state index in [2.05, 4.69) is 117 Å². The molecule has 4 aliphatic rings. The minimum Gasteiger partial charge on any atom is -0.460 e. The second kappa shape index (κ2) is 19.4. The lowest BCUT2D eigenvalue weighted by atomic mass is 9.74. The molecule has 0 spiro atoms. The number of rotatable bonds is 17. The van der Waals surface area contributed by atoms with Crippen LogP contribution in [0, 0.1) is 11.8 Å². The zero-order valence-corrected chi connectivity index (χ0v) is 38.9. The summed E-state index contributed by atoms with van der Waals surface area (Å²) in [6.45, 7) is 13.3. The standard InChI is InChI=1S/C53H68N3O5S/c1-7-8-16-33-55-45-23-14-12-21-43(45)52(2,3)47(55)29-27-41-25-26-42(49(41)50(40-19-10-9-11-20-40)51(57)61-38-39-31-35-54(6)36-32-39)28-30-48-53(4,5)44-22-13-15-24-46(44)56(48)34-17-18-37-62(58,59)60/h12-15,21-24,27-32,35-36,40,50H,7-11,16-20,25-26,33-34,37-38H2,1-6H3/q+1/p+1. The number of benzene rings is 2. The molecule has 2 aliphatic carbocycles. The highest BCUT2D eigenvalue weighted by atomic mass is 32.2. The summed E-state index contributed by atoms with van der Waals surface area (Å²) in [5.74, 6) is -0.580. The van der Waals surface area contributed by atoms with E-state index in [4.69, 9.17) is 4.74 Å². The average molecular weight is 860 g/mol. The summed E-state index contributed by atoms with van der Waals surface area (Å²) in [6, 6.07) is 21.4.